The van der Waals surface area contributed by atoms with Crippen LogP contribution in [0, 0.1) is 0 Å². The number of para-hydroxylation sites is 1. The molecule has 0 aliphatic carbocycles. The van der Waals surface area contributed by atoms with E-state index in [1.807, 2.05) is 30.3 Å². The van der Waals surface area contributed by atoms with Crippen LogP contribution in [-0.2, 0) is 12.5 Å². The largest absolute Gasteiger partial charge is 0.487 e. The predicted molar refractivity (Wildman–Crippen MR) is 72.3 cm³/mol. The molecule has 1 aromatic carbocycles. The summed E-state index contributed by atoms with van der Waals surface area (Å²) in [6, 6.07) is 9.70. The van der Waals surface area contributed by atoms with E-state index >= 15 is 0 Å². The van der Waals surface area contributed by atoms with E-state index in [2.05, 4.69) is 20.9 Å². The standard InChI is InChI=1S/C13H11BrClNO/c14-12-3-1-2-11(8-15)13(12)17-9-10-4-6-16-7-5-10/h1-7H,8-9H2. The number of benzene rings is 1. The fourth-order valence-electron chi connectivity index (χ4n) is 1.45. The van der Waals surface area contributed by atoms with Crippen LogP contribution in [0.5, 0.6) is 5.75 Å². The van der Waals surface area contributed by atoms with E-state index in [4.69, 9.17) is 16.3 Å². The summed E-state index contributed by atoms with van der Waals surface area (Å²) in [5, 5.41) is 0. The molecule has 2 rings (SSSR count). The van der Waals surface area contributed by atoms with Crippen molar-refractivity contribution in [3.05, 3.63) is 58.3 Å². The second-order valence-electron chi connectivity index (χ2n) is 3.51. The number of nitrogens with zero attached hydrogens (tertiary/aromatic N) is 1. The lowest BCUT2D eigenvalue weighted by Crippen LogP contribution is -1.98. The SMILES string of the molecule is ClCc1cccc(Br)c1OCc1ccncc1. The molecule has 1 heterocycles. The number of rotatable bonds is 4. The van der Waals surface area contributed by atoms with Gasteiger partial charge in [-0.2, -0.15) is 0 Å². The third-order valence-electron chi connectivity index (χ3n) is 2.33. The van der Waals surface area contributed by atoms with Crippen molar-refractivity contribution in [2.24, 2.45) is 0 Å². The minimum absolute atomic E-state index is 0.436. The van der Waals surface area contributed by atoms with Crippen molar-refractivity contribution in [1.29, 1.82) is 0 Å². The van der Waals surface area contributed by atoms with Gasteiger partial charge in [-0.15, -0.1) is 11.6 Å². The molecule has 17 heavy (non-hydrogen) atoms. The molecule has 1 aromatic heterocycles. The van der Waals surface area contributed by atoms with Crippen molar-refractivity contribution in [2.75, 3.05) is 0 Å². The van der Waals surface area contributed by atoms with E-state index in [0.717, 1.165) is 21.3 Å². The topological polar surface area (TPSA) is 22.1 Å². The number of ether oxygens (including phenoxy) is 1. The maximum absolute atomic E-state index is 5.87. The molecule has 0 amide bonds. The van der Waals surface area contributed by atoms with Gasteiger partial charge in [0.05, 0.1) is 10.4 Å². The highest BCUT2D eigenvalue weighted by molar-refractivity contribution is 9.10. The third kappa shape index (κ3) is 3.20. The number of pyridine rings is 1. The van der Waals surface area contributed by atoms with Crippen LogP contribution in [0.3, 0.4) is 0 Å². The lowest BCUT2D eigenvalue weighted by atomic mass is 10.2. The van der Waals surface area contributed by atoms with Crippen LogP contribution in [0.25, 0.3) is 0 Å². The lowest BCUT2D eigenvalue weighted by Gasteiger charge is -2.11. The smallest absolute Gasteiger partial charge is 0.138 e. The van der Waals surface area contributed by atoms with Crippen LogP contribution < -0.4 is 4.74 Å². The molecule has 0 unspecified atom stereocenters. The van der Waals surface area contributed by atoms with Crippen molar-refractivity contribution in [3.8, 4) is 5.75 Å². The average Bonchev–Trinajstić information content (AvgIpc) is 2.38. The van der Waals surface area contributed by atoms with Gasteiger partial charge in [-0.05, 0) is 39.7 Å². The first-order valence-electron chi connectivity index (χ1n) is 5.16. The molecule has 0 saturated heterocycles. The van der Waals surface area contributed by atoms with E-state index in [0.29, 0.717) is 12.5 Å². The molecule has 0 bridgehead atoms. The Bertz CT molecular complexity index is 490. The Kier molecular flexibility index (Phi) is 4.40. The summed E-state index contributed by atoms with van der Waals surface area (Å²) >= 11 is 9.34. The van der Waals surface area contributed by atoms with Crippen LogP contribution in [0.2, 0.25) is 0 Å². The average molecular weight is 313 g/mol. The summed E-state index contributed by atoms with van der Waals surface area (Å²) < 4.78 is 6.71. The van der Waals surface area contributed by atoms with Crippen molar-refractivity contribution in [3.63, 3.8) is 0 Å². The van der Waals surface area contributed by atoms with Crippen molar-refractivity contribution in [1.82, 2.24) is 4.98 Å². The molecule has 2 nitrogen and oxygen atoms in total. The highest BCUT2D eigenvalue weighted by Crippen LogP contribution is 2.30. The molecular weight excluding hydrogens is 302 g/mol. The van der Waals surface area contributed by atoms with Gasteiger partial charge in [0.15, 0.2) is 0 Å². The zero-order chi connectivity index (χ0) is 12.1. The first-order chi connectivity index (χ1) is 8.31. The van der Waals surface area contributed by atoms with E-state index < -0.39 is 0 Å². The van der Waals surface area contributed by atoms with Gasteiger partial charge in [0.2, 0.25) is 0 Å². The Morgan fingerprint density at radius 3 is 2.65 bits per heavy atom. The molecule has 4 heteroatoms. The first kappa shape index (κ1) is 12.4. The van der Waals surface area contributed by atoms with Gasteiger partial charge in [-0.1, -0.05) is 12.1 Å². The third-order valence-corrected chi connectivity index (χ3v) is 3.24. The van der Waals surface area contributed by atoms with Gasteiger partial charge in [-0.25, -0.2) is 0 Å². The molecule has 0 aliphatic heterocycles. The molecule has 0 saturated carbocycles. The first-order valence-corrected chi connectivity index (χ1v) is 6.49. The molecule has 88 valence electrons. The second kappa shape index (κ2) is 6.03. The maximum atomic E-state index is 5.87. The number of halogens is 2. The zero-order valence-corrected chi connectivity index (χ0v) is 11.4. The van der Waals surface area contributed by atoms with Crippen LogP contribution in [0.15, 0.2) is 47.2 Å². The van der Waals surface area contributed by atoms with Gasteiger partial charge >= 0.3 is 0 Å². The molecular formula is C13H11BrClNO. The maximum Gasteiger partial charge on any atom is 0.138 e. The Labute approximate surface area is 114 Å². The van der Waals surface area contributed by atoms with Gasteiger partial charge < -0.3 is 4.74 Å². The van der Waals surface area contributed by atoms with Crippen LogP contribution in [0.1, 0.15) is 11.1 Å². The number of hydrogen-bond donors (Lipinski definition) is 0. The highest BCUT2D eigenvalue weighted by Gasteiger charge is 2.07. The lowest BCUT2D eigenvalue weighted by molar-refractivity contribution is 0.301. The Morgan fingerprint density at radius 1 is 1.18 bits per heavy atom. The van der Waals surface area contributed by atoms with Crippen molar-refractivity contribution < 1.29 is 4.74 Å². The zero-order valence-electron chi connectivity index (χ0n) is 9.07. The van der Waals surface area contributed by atoms with Crippen LogP contribution >= 0.6 is 27.5 Å². The highest BCUT2D eigenvalue weighted by atomic mass is 79.9. The van der Waals surface area contributed by atoms with Gasteiger partial charge in [0.1, 0.15) is 12.4 Å². The summed E-state index contributed by atoms with van der Waals surface area (Å²) in [6.45, 7) is 0.509. The Hall–Kier alpha value is -1.06. The van der Waals surface area contributed by atoms with Gasteiger partial charge in [0, 0.05) is 18.0 Å². The normalized spacial score (nSPS) is 10.2. The van der Waals surface area contributed by atoms with Gasteiger partial charge in [-0.3, -0.25) is 4.98 Å². The molecule has 0 fully saturated rings. The molecule has 2 aromatic rings. The van der Waals surface area contributed by atoms with Crippen molar-refractivity contribution >= 4 is 27.5 Å². The van der Waals surface area contributed by atoms with E-state index in [-0.39, 0.29) is 0 Å². The monoisotopic (exact) mass is 311 g/mol. The van der Waals surface area contributed by atoms with Crippen LogP contribution in [-0.4, -0.2) is 4.98 Å². The molecule has 0 atom stereocenters. The second-order valence-corrected chi connectivity index (χ2v) is 4.63. The van der Waals surface area contributed by atoms with Gasteiger partial charge in [0.25, 0.3) is 0 Å². The number of alkyl halides is 1. The Morgan fingerprint density at radius 2 is 1.94 bits per heavy atom. The van der Waals surface area contributed by atoms with Crippen LogP contribution in [0.4, 0.5) is 0 Å². The summed E-state index contributed by atoms with van der Waals surface area (Å²) in [6.07, 6.45) is 3.50. The Balaban J connectivity index is 2.14. The number of hydrogen-bond acceptors (Lipinski definition) is 2. The molecule has 0 spiro atoms. The minimum Gasteiger partial charge on any atom is -0.487 e. The molecule has 0 N–H and O–H groups in total. The van der Waals surface area contributed by atoms with E-state index in [1.54, 1.807) is 12.4 Å². The predicted octanol–water partition coefficient (Wildman–Crippen LogP) is 4.16. The van der Waals surface area contributed by atoms with Crippen molar-refractivity contribution in [2.45, 2.75) is 12.5 Å². The summed E-state index contributed by atoms with van der Waals surface area (Å²) in [5.74, 6) is 1.24. The quantitative estimate of drug-likeness (QED) is 0.791. The molecule has 0 aliphatic rings. The minimum atomic E-state index is 0.436. The molecule has 0 radical (unpaired) electrons. The number of aromatic nitrogens is 1. The fourth-order valence-corrected chi connectivity index (χ4v) is 2.19. The summed E-state index contributed by atoms with van der Waals surface area (Å²) in [7, 11) is 0. The van der Waals surface area contributed by atoms with E-state index in [9.17, 15) is 0 Å². The summed E-state index contributed by atoms with van der Waals surface area (Å²) in [5.41, 5.74) is 2.06. The fraction of sp³-hybridized carbons (Fsp3) is 0.154. The van der Waals surface area contributed by atoms with E-state index in [1.165, 1.54) is 0 Å². The summed E-state index contributed by atoms with van der Waals surface area (Å²) in [4.78, 5) is 3.97.